The molecule has 0 amide bonds. The molecule has 21 heavy (non-hydrogen) atoms. The highest BCUT2D eigenvalue weighted by molar-refractivity contribution is 7.19. The molecule has 7 heteroatoms. The molecule has 0 spiro atoms. The van der Waals surface area contributed by atoms with Crippen LogP contribution in [0.25, 0.3) is 16.2 Å². The van der Waals surface area contributed by atoms with Crippen molar-refractivity contribution < 1.29 is 19.0 Å². The van der Waals surface area contributed by atoms with E-state index in [0.29, 0.717) is 21.9 Å². The van der Waals surface area contributed by atoms with Gasteiger partial charge < -0.3 is 9.84 Å². The van der Waals surface area contributed by atoms with Crippen molar-refractivity contribution in [2.45, 2.75) is 6.92 Å². The summed E-state index contributed by atoms with van der Waals surface area (Å²) < 4.78 is 20.3. The van der Waals surface area contributed by atoms with Gasteiger partial charge in [0.05, 0.1) is 12.8 Å². The van der Waals surface area contributed by atoms with Crippen LogP contribution in [0.3, 0.4) is 0 Å². The van der Waals surface area contributed by atoms with Crippen LogP contribution in [0.2, 0.25) is 0 Å². The molecule has 1 aromatic carbocycles. The molecule has 3 aromatic rings. The lowest BCUT2D eigenvalue weighted by Gasteiger charge is -2.02. The summed E-state index contributed by atoms with van der Waals surface area (Å²) in [6, 6.07) is 4.59. The third kappa shape index (κ3) is 2.15. The average Bonchev–Trinajstić information content (AvgIpc) is 2.99. The number of ether oxygens (including phenoxy) is 1. The highest BCUT2D eigenvalue weighted by atomic mass is 32.1. The number of methoxy groups -OCH3 is 1. The minimum atomic E-state index is -0.972. The van der Waals surface area contributed by atoms with Gasteiger partial charge in [0.25, 0.3) is 0 Å². The van der Waals surface area contributed by atoms with E-state index >= 15 is 0 Å². The summed E-state index contributed by atoms with van der Waals surface area (Å²) in [6.45, 7) is 1.72. The zero-order valence-corrected chi connectivity index (χ0v) is 12.1. The molecule has 0 aliphatic carbocycles. The van der Waals surface area contributed by atoms with Gasteiger partial charge in [0.1, 0.15) is 4.88 Å². The van der Waals surface area contributed by atoms with E-state index < -0.39 is 11.8 Å². The molecule has 0 fully saturated rings. The van der Waals surface area contributed by atoms with E-state index in [0.717, 1.165) is 11.3 Å². The third-order valence-corrected chi connectivity index (χ3v) is 4.34. The van der Waals surface area contributed by atoms with Crippen molar-refractivity contribution in [3.8, 4) is 17.0 Å². The van der Waals surface area contributed by atoms with Gasteiger partial charge in [-0.1, -0.05) is 11.3 Å². The van der Waals surface area contributed by atoms with E-state index in [1.165, 1.54) is 19.2 Å². The van der Waals surface area contributed by atoms with Gasteiger partial charge in [-0.25, -0.2) is 14.2 Å². The molecule has 1 N–H and O–H groups in total. The van der Waals surface area contributed by atoms with E-state index in [4.69, 9.17) is 9.84 Å². The Bertz CT molecular complexity index is 853. The maximum absolute atomic E-state index is 13.7. The summed E-state index contributed by atoms with van der Waals surface area (Å²) in [5.41, 5.74) is 1.80. The Morgan fingerprint density at radius 1 is 1.48 bits per heavy atom. The third-order valence-electron chi connectivity index (χ3n) is 3.20. The Morgan fingerprint density at radius 2 is 2.24 bits per heavy atom. The summed E-state index contributed by atoms with van der Waals surface area (Å²) in [6.07, 6.45) is 1.70. The van der Waals surface area contributed by atoms with E-state index in [9.17, 15) is 9.18 Å². The quantitative estimate of drug-likeness (QED) is 0.807. The number of nitrogens with zero attached hydrogens (tertiary/aromatic N) is 2. The van der Waals surface area contributed by atoms with Crippen molar-refractivity contribution >= 4 is 22.3 Å². The fourth-order valence-electron chi connectivity index (χ4n) is 2.11. The summed E-state index contributed by atoms with van der Waals surface area (Å²) >= 11 is 1.09. The molecular weight excluding hydrogens is 295 g/mol. The lowest BCUT2D eigenvalue weighted by Crippen LogP contribution is -1.96. The molecule has 0 aliphatic heterocycles. The SMILES string of the molecule is COc1ccc(-c2cn3c(C)c(C(=O)O)sc3n2)cc1F. The Kier molecular flexibility index (Phi) is 3.13. The van der Waals surface area contributed by atoms with Crippen LogP contribution in [0.5, 0.6) is 5.75 Å². The van der Waals surface area contributed by atoms with Crippen molar-refractivity contribution in [3.05, 3.63) is 40.8 Å². The maximum atomic E-state index is 13.7. The first kappa shape index (κ1) is 13.6. The molecule has 3 rings (SSSR count). The lowest BCUT2D eigenvalue weighted by atomic mass is 10.1. The smallest absolute Gasteiger partial charge is 0.347 e. The van der Waals surface area contributed by atoms with Crippen molar-refractivity contribution in [3.63, 3.8) is 0 Å². The number of aryl methyl sites for hydroxylation is 1. The van der Waals surface area contributed by atoms with E-state index in [1.54, 1.807) is 23.6 Å². The second kappa shape index (κ2) is 4.85. The molecule has 0 atom stereocenters. The zero-order chi connectivity index (χ0) is 15.1. The first-order valence-corrected chi connectivity index (χ1v) is 6.88. The number of imidazole rings is 1. The lowest BCUT2D eigenvalue weighted by molar-refractivity contribution is 0.0701. The molecule has 0 aliphatic rings. The predicted molar refractivity (Wildman–Crippen MR) is 76.7 cm³/mol. The molecule has 0 unspecified atom stereocenters. The van der Waals surface area contributed by atoms with Crippen LogP contribution in [-0.2, 0) is 0 Å². The van der Waals surface area contributed by atoms with Gasteiger partial charge in [-0.05, 0) is 25.1 Å². The molecule has 2 aromatic heterocycles. The first-order chi connectivity index (χ1) is 10.0. The number of rotatable bonds is 3. The molecular formula is C14H11FN2O3S. The van der Waals surface area contributed by atoms with Crippen LogP contribution in [0.4, 0.5) is 4.39 Å². The van der Waals surface area contributed by atoms with Crippen LogP contribution >= 0.6 is 11.3 Å². The number of aromatic carboxylic acids is 1. The van der Waals surface area contributed by atoms with Crippen LogP contribution in [0.15, 0.2) is 24.4 Å². The maximum Gasteiger partial charge on any atom is 0.347 e. The molecule has 0 saturated heterocycles. The standard InChI is InChI=1S/C14H11FN2O3S/c1-7-12(13(18)19)21-14-16-10(6-17(7)14)8-3-4-11(20-2)9(15)5-8/h3-6H,1-2H3,(H,18,19). The summed E-state index contributed by atoms with van der Waals surface area (Å²) in [5, 5.41) is 9.07. The van der Waals surface area contributed by atoms with Gasteiger partial charge in [-0.3, -0.25) is 4.40 Å². The van der Waals surface area contributed by atoms with E-state index in [-0.39, 0.29) is 10.6 Å². The summed E-state index contributed by atoms with van der Waals surface area (Å²) in [5.74, 6) is -1.27. The zero-order valence-electron chi connectivity index (χ0n) is 11.3. The monoisotopic (exact) mass is 306 g/mol. The van der Waals surface area contributed by atoms with Gasteiger partial charge in [-0.15, -0.1) is 0 Å². The molecule has 0 saturated carbocycles. The second-order valence-electron chi connectivity index (χ2n) is 4.45. The van der Waals surface area contributed by atoms with Crippen LogP contribution in [-0.4, -0.2) is 27.6 Å². The number of hydrogen-bond acceptors (Lipinski definition) is 4. The van der Waals surface area contributed by atoms with Gasteiger partial charge in [-0.2, -0.15) is 0 Å². The minimum absolute atomic E-state index is 0.170. The van der Waals surface area contributed by atoms with Crippen molar-refractivity contribution in [2.24, 2.45) is 0 Å². The predicted octanol–water partition coefficient (Wildman–Crippen LogP) is 3.22. The number of benzene rings is 1. The molecule has 108 valence electrons. The molecule has 0 bridgehead atoms. The highest BCUT2D eigenvalue weighted by Gasteiger charge is 2.17. The van der Waals surface area contributed by atoms with Gasteiger partial charge >= 0.3 is 5.97 Å². The Balaban J connectivity index is 2.09. The fourth-order valence-corrected chi connectivity index (χ4v) is 3.06. The highest BCUT2D eigenvalue weighted by Crippen LogP contribution is 2.29. The number of thiazole rings is 1. The van der Waals surface area contributed by atoms with Crippen molar-refractivity contribution in [2.75, 3.05) is 7.11 Å². The summed E-state index contributed by atoms with van der Waals surface area (Å²) in [7, 11) is 1.40. The van der Waals surface area contributed by atoms with Crippen LogP contribution in [0.1, 0.15) is 15.4 Å². The number of aromatic nitrogens is 2. The molecule has 2 heterocycles. The van der Waals surface area contributed by atoms with Crippen molar-refractivity contribution in [1.29, 1.82) is 0 Å². The minimum Gasteiger partial charge on any atom is -0.494 e. The van der Waals surface area contributed by atoms with E-state index in [1.807, 2.05) is 0 Å². The largest absolute Gasteiger partial charge is 0.494 e. The van der Waals surface area contributed by atoms with Crippen LogP contribution < -0.4 is 4.74 Å². The fraction of sp³-hybridized carbons (Fsp3) is 0.143. The van der Waals surface area contributed by atoms with Gasteiger partial charge in [0, 0.05) is 17.5 Å². The topological polar surface area (TPSA) is 63.8 Å². The number of carbonyl (C=O) groups is 1. The Morgan fingerprint density at radius 3 is 2.81 bits per heavy atom. The van der Waals surface area contributed by atoms with E-state index in [2.05, 4.69) is 4.98 Å². The van der Waals surface area contributed by atoms with Gasteiger partial charge in [0.15, 0.2) is 16.5 Å². The normalized spacial score (nSPS) is 11.0. The number of fused-ring (bicyclic) bond motifs is 1. The van der Waals surface area contributed by atoms with Crippen molar-refractivity contribution in [1.82, 2.24) is 9.38 Å². The Labute approximate surface area is 123 Å². The number of halogens is 1. The number of hydrogen-bond donors (Lipinski definition) is 1. The second-order valence-corrected chi connectivity index (χ2v) is 5.43. The first-order valence-electron chi connectivity index (χ1n) is 6.07. The molecule has 0 radical (unpaired) electrons. The van der Waals surface area contributed by atoms with Crippen LogP contribution in [0, 0.1) is 12.7 Å². The number of carboxylic acid groups (broad SMARTS) is 1. The summed E-state index contributed by atoms with van der Waals surface area (Å²) in [4.78, 5) is 16.2. The molecule has 5 nitrogen and oxygen atoms in total. The Hall–Kier alpha value is -2.41. The number of carboxylic acids is 1. The average molecular weight is 306 g/mol. The van der Waals surface area contributed by atoms with Gasteiger partial charge in [0.2, 0.25) is 0 Å².